The van der Waals surface area contributed by atoms with Crippen molar-refractivity contribution in [2.75, 3.05) is 18.8 Å². The Labute approximate surface area is 110 Å². The molecule has 0 amide bonds. The van der Waals surface area contributed by atoms with Crippen molar-refractivity contribution in [1.29, 1.82) is 0 Å². The topological polar surface area (TPSA) is 49.5 Å². The average Bonchev–Trinajstić information content (AvgIpc) is 3.11. The molecule has 2 rings (SSSR count). The number of nitrogen functional groups attached to an aromatic ring is 1. The maximum atomic E-state index is 10.3. The molecule has 1 fully saturated rings. The lowest BCUT2D eigenvalue weighted by Crippen LogP contribution is -2.34. The van der Waals surface area contributed by atoms with Crippen molar-refractivity contribution in [3.8, 4) is 0 Å². The number of hydrogen-bond acceptors (Lipinski definition) is 3. The summed E-state index contributed by atoms with van der Waals surface area (Å²) in [5.74, 6) is 0.638. The minimum atomic E-state index is -0.437. The summed E-state index contributed by atoms with van der Waals surface area (Å²) in [4.78, 5) is 2.42. The highest BCUT2D eigenvalue weighted by atomic mass is 16.3. The van der Waals surface area contributed by atoms with Crippen LogP contribution in [0.5, 0.6) is 0 Å². The van der Waals surface area contributed by atoms with Gasteiger partial charge in [-0.15, -0.1) is 0 Å². The SMILES string of the molecule is CC(C)CN(CC(O)c1cccc(N)c1)C1CC1. The molecule has 0 saturated heterocycles. The molecular formula is C15H24N2O. The van der Waals surface area contributed by atoms with Crippen LogP contribution in [0, 0.1) is 5.92 Å². The molecule has 3 heteroatoms. The minimum Gasteiger partial charge on any atom is -0.399 e. The lowest BCUT2D eigenvalue weighted by atomic mass is 10.1. The number of benzene rings is 1. The lowest BCUT2D eigenvalue weighted by molar-refractivity contribution is 0.101. The molecule has 1 aliphatic rings. The van der Waals surface area contributed by atoms with Crippen molar-refractivity contribution in [2.45, 2.75) is 38.8 Å². The van der Waals surface area contributed by atoms with Crippen LogP contribution in [0.3, 0.4) is 0 Å². The van der Waals surface area contributed by atoms with Crippen molar-refractivity contribution < 1.29 is 5.11 Å². The van der Waals surface area contributed by atoms with Gasteiger partial charge in [-0.25, -0.2) is 0 Å². The van der Waals surface area contributed by atoms with Gasteiger partial charge in [0.1, 0.15) is 0 Å². The first-order chi connectivity index (χ1) is 8.56. The van der Waals surface area contributed by atoms with Crippen LogP contribution in [0.15, 0.2) is 24.3 Å². The first kappa shape index (κ1) is 13.4. The van der Waals surface area contributed by atoms with Crippen molar-refractivity contribution in [3.05, 3.63) is 29.8 Å². The van der Waals surface area contributed by atoms with Gasteiger partial charge >= 0.3 is 0 Å². The summed E-state index contributed by atoms with van der Waals surface area (Å²) >= 11 is 0. The van der Waals surface area contributed by atoms with Crippen molar-refractivity contribution in [2.24, 2.45) is 5.92 Å². The predicted molar refractivity (Wildman–Crippen MR) is 75.2 cm³/mol. The fourth-order valence-electron chi connectivity index (χ4n) is 2.38. The maximum Gasteiger partial charge on any atom is 0.0917 e. The summed E-state index contributed by atoms with van der Waals surface area (Å²) in [5, 5.41) is 10.3. The Hall–Kier alpha value is -1.06. The van der Waals surface area contributed by atoms with E-state index in [1.807, 2.05) is 24.3 Å². The highest BCUT2D eigenvalue weighted by Crippen LogP contribution is 2.29. The predicted octanol–water partition coefficient (Wildman–Crippen LogP) is 2.42. The third-order valence-electron chi connectivity index (χ3n) is 3.37. The number of nitrogens with zero attached hydrogens (tertiary/aromatic N) is 1. The molecular weight excluding hydrogens is 224 g/mol. The summed E-state index contributed by atoms with van der Waals surface area (Å²) in [6, 6.07) is 8.25. The van der Waals surface area contributed by atoms with Gasteiger partial charge in [0.25, 0.3) is 0 Å². The molecule has 0 radical (unpaired) electrons. The van der Waals surface area contributed by atoms with Crippen LogP contribution in [-0.2, 0) is 0 Å². The smallest absolute Gasteiger partial charge is 0.0917 e. The molecule has 0 aromatic heterocycles. The number of rotatable bonds is 6. The Morgan fingerprint density at radius 1 is 1.33 bits per heavy atom. The molecule has 0 aliphatic heterocycles. The van der Waals surface area contributed by atoms with Gasteiger partial charge in [-0.2, -0.15) is 0 Å². The second-order valence-electron chi connectivity index (χ2n) is 5.76. The van der Waals surface area contributed by atoms with E-state index < -0.39 is 6.10 Å². The Bertz CT molecular complexity index is 388. The Morgan fingerprint density at radius 3 is 2.61 bits per heavy atom. The third-order valence-corrected chi connectivity index (χ3v) is 3.37. The van der Waals surface area contributed by atoms with Crippen LogP contribution in [0.4, 0.5) is 5.69 Å². The minimum absolute atomic E-state index is 0.437. The summed E-state index contributed by atoms with van der Waals surface area (Å²) in [6.07, 6.45) is 2.11. The van der Waals surface area contributed by atoms with Gasteiger partial charge < -0.3 is 10.8 Å². The van der Waals surface area contributed by atoms with Crippen molar-refractivity contribution >= 4 is 5.69 Å². The van der Waals surface area contributed by atoms with Gasteiger partial charge in [0, 0.05) is 24.8 Å². The number of aliphatic hydroxyl groups is 1. The summed E-state index contributed by atoms with van der Waals surface area (Å²) in [5.41, 5.74) is 7.39. The highest BCUT2D eigenvalue weighted by Gasteiger charge is 2.30. The van der Waals surface area contributed by atoms with E-state index in [4.69, 9.17) is 5.73 Å². The molecule has 1 aliphatic carbocycles. The van der Waals surface area contributed by atoms with E-state index in [2.05, 4.69) is 18.7 Å². The van der Waals surface area contributed by atoms with Gasteiger partial charge in [0.05, 0.1) is 6.10 Å². The molecule has 3 nitrogen and oxygen atoms in total. The van der Waals surface area contributed by atoms with E-state index in [0.717, 1.165) is 12.1 Å². The Balaban J connectivity index is 1.97. The van der Waals surface area contributed by atoms with E-state index >= 15 is 0 Å². The van der Waals surface area contributed by atoms with Crippen LogP contribution in [-0.4, -0.2) is 29.1 Å². The number of nitrogens with two attached hydrogens (primary N) is 1. The van der Waals surface area contributed by atoms with Gasteiger partial charge in [0.2, 0.25) is 0 Å². The summed E-state index contributed by atoms with van der Waals surface area (Å²) in [7, 11) is 0. The van der Waals surface area contributed by atoms with E-state index in [1.54, 1.807) is 0 Å². The van der Waals surface area contributed by atoms with Crippen LogP contribution < -0.4 is 5.73 Å². The van der Waals surface area contributed by atoms with Gasteiger partial charge in [-0.05, 0) is 36.5 Å². The third kappa shape index (κ3) is 3.72. The molecule has 0 spiro atoms. The fraction of sp³-hybridized carbons (Fsp3) is 0.600. The van der Waals surface area contributed by atoms with Crippen LogP contribution in [0.1, 0.15) is 38.4 Å². The maximum absolute atomic E-state index is 10.3. The van der Waals surface area contributed by atoms with Gasteiger partial charge in [-0.3, -0.25) is 4.90 Å². The molecule has 1 aromatic carbocycles. The van der Waals surface area contributed by atoms with E-state index in [0.29, 0.717) is 24.2 Å². The lowest BCUT2D eigenvalue weighted by Gasteiger charge is -2.26. The van der Waals surface area contributed by atoms with Crippen LogP contribution in [0.25, 0.3) is 0 Å². The molecule has 3 N–H and O–H groups in total. The monoisotopic (exact) mass is 248 g/mol. The molecule has 18 heavy (non-hydrogen) atoms. The molecule has 1 aromatic rings. The van der Waals surface area contributed by atoms with Crippen LogP contribution in [0.2, 0.25) is 0 Å². The zero-order chi connectivity index (χ0) is 13.1. The first-order valence-corrected chi connectivity index (χ1v) is 6.84. The van der Waals surface area contributed by atoms with Crippen LogP contribution >= 0.6 is 0 Å². The average molecular weight is 248 g/mol. The van der Waals surface area contributed by atoms with E-state index in [-0.39, 0.29) is 0 Å². The first-order valence-electron chi connectivity index (χ1n) is 6.84. The summed E-state index contributed by atoms with van der Waals surface area (Å²) in [6.45, 7) is 6.22. The molecule has 0 heterocycles. The second-order valence-corrected chi connectivity index (χ2v) is 5.76. The highest BCUT2D eigenvalue weighted by molar-refractivity contribution is 5.41. The van der Waals surface area contributed by atoms with E-state index in [9.17, 15) is 5.11 Å². The fourth-order valence-corrected chi connectivity index (χ4v) is 2.38. The standard InChI is InChI=1S/C15H24N2O/c1-11(2)9-17(14-6-7-14)10-15(18)12-4-3-5-13(16)8-12/h3-5,8,11,14-15,18H,6-7,9-10,16H2,1-2H3. The zero-order valence-corrected chi connectivity index (χ0v) is 11.3. The molecule has 1 atom stereocenters. The summed E-state index contributed by atoms with van der Waals surface area (Å²) < 4.78 is 0. The van der Waals surface area contributed by atoms with E-state index in [1.165, 1.54) is 12.8 Å². The number of aliphatic hydroxyl groups excluding tert-OH is 1. The molecule has 1 saturated carbocycles. The molecule has 1 unspecified atom stereocenters. The van der Waals surface area contributed by atoms with Gasteiger partial charge in [-0.1, -0.05) is 26.0 Å². The quantitative estimate of drug-likeness (QED) is 0.760. The Morgan fingerprint density at radius 2 is 2.06 bits per heavy atom. The normalized spacial score (nSPS) is 17.4. The largest absolute Gasteiger partial charge is 0.399 e. The number of anilines is 1. The van der Waals surface area contributed by atoms with Gasteiger partial charge in [0.15, 0.2) is 0 Å². The Kier molecular flexibility index (Phi) is 4.25. The molecule has 100 valence electrons. The van der Waals surface area contributed by atoms with Crippen molar-refractivity contribution in [3.63, 3.8) is 0 Å². The van der Waals surface area contributed by atoms with Crippen molar-refractivity contribution in [1.82, 2.24) is 4.90 Å². The second kappa shape index (κ2) is 5.72. The zero-order valence-electron chi connectivity index (χ0n) is 11.3. The number of hydrogen-bond donors (Lipinski definition) is 2. The molecule has 0 bridgehead atoms.